The number of hydrogen-bond acceptors (Lipinski definition) is 3. The highest BCUT2D eigenvalue weighted by Gasteiger charge is 2.19. The first-order chi connectivity index (χ1) is 12.6. The first-order valence-corrected chi connectivity index (χ1v) is 9.91. The average Bonchev–Trinajstić information content (AvgIpc) is 2.66. The van der Waals surface area contributed by atoms with E-state index >= 15 is 0 Å². The zero-order valence-corrected chi connectivity index (χ0v) is 16.8. The molecule has 4 nitrogen and oxygen atoms in total. The summed E-state index contributed by atoms with van der Waals surface area (Å²) in [6, 6.07) is 15.3. The first kappa shape index (κ1) is 19.1. The minimum absolute atomic E-state index is 0.911. The van der Waals surface area contributed by atoms with Crippen LogP contribution in [0.25, 0.3) is 10.8 Å². The molecule has 1 saturated heterocycles. The van der Waals surface area contributed by atoms with Crippen molar-refractivity contribution in [3.63, 3.8) is 0 Å². The van der Waals surface area contributed by atoms with Crippen LogP contribution < -0.4 is 5.32 Å². The van der Waals surface area contributed by atoms with Crippen molar-refractivity contribution < 1.29 is 0 Å². The Morgan fingerprint density at radius 1 is 1.04 bits per heavy atom. The number of rotatable bonds is 6. The van der Waals surface area contributed by atoms with Crippen LogP contribution in [0.5, 0.6) is 0 Å². The lowest BCUT2D eigenvalue weighted by Gasteiger charge is -2.36. The Bertz CT molecular complexity index is 718. The summed E-state index contributed by atoms with van der Waals surface area (Å²) in [7, 11) is 4.21. The minimum Gasteiger partial charge on any atom is -0.363 e. The molecule has 140 valence electrons. The summed E-state index contributed by atoms with van der Waals surface area (Å²) in [5, 5.41) is 7.02. The molecule has 1 heterocycles. The van der Waals surface area contributed by atoms with Gasteiger partial charge in [-0.05, 0) is 55.6 Å². The van der Waals surface area contributed by atoms with E-state index in [-0.39, 0.29) is 0 Å². The topological polar surface area (TPSA) is 21.8 Å². The van der Waals surface area contributed by atoms with Crippen LogP contribution in [0.1, 0.15) is 12.0 Å². The molecule has 3 rings (SSSR count). The maximum absolute atomic E-state index is 5.57. The number of thiocarbonyl (C=S) groups is 1. The molecule has 1 fully saturated rings. The van der Waals surface area contributed by atoms with Gasteiger partial charge < -0.3 is 15.1 Å². The van der Waals surface area contributed by atoms with Crippen LogP contribution in [0.2, 0.25) is 0 Å². The van der Waals surface area contributed by atoms with Gasteiger partial charge in [0.25, 0.3) is 0 Å². The van der Waals surface area contributed by atoms with E-state index in [0.717, 1.165) is 57.3 Å². The van der Waals surface area contributed by atoms with E-state index in [1.807, 2.05) is 0 Å². The second kappa shape index (κ2) is 9.31. The predicted molar refractivity (Wildman–Crippen MR) is 115 cm³/mol. The Labute approximate surface area is 162 Å². The number of nitrogens with one attached hydrogen (secondary N) is 1. The predicted octanol–water partition coefficient (Wildman–Crippen LogP) is 2.78. The molecule has 2 aromatic rings. The molecule has 0 atom stereocenters. The lowest BCUT2D eigenvalue weighted by molar-refractivity contribution is 0.175. The van der Waals surface area contributed by atoms with Crippen LogP contribution >= 0.6 is 12.2 Å². The Morgan fingerprint density at radius 2 is 1.77 bits per heavy atom. The summed E-state index contributed by atoms with van der Waals surface area (Å²) >= 11 is 5.57. The first-order valence-electron chi connectivity index (χ1n) is 9.50. The third kappa shape index (κ3) is 5.16. The van der Waals surface area contributed by atoms with Crippen molar-refractivity contribution in [2.24, 2.45) is 0 Å². The molecule has 26 heavy (non-hydrogen) atoms. The number of hydrogen-bond donors (Lipinski definition) is 1. The van der Waals surface area contributed by atoms with Gasteiger partial charge in [-0.15, -0.1) is 0 Å². The monoisotopic (exact) mass is 370 g/mol. The van der Waals surface area contributed by atoms with Gasteiger partial charge in [0.15, 0.2) is 5.11 Å². The van der Waals surface area contributed by atoms with Crippen LogP contribution in [0.4, 0.5) is 0 Å². The number of benzene rings is 2. The standard InChI is InChI=1S/C21H30N4S/c1-23(2)12-6-11-22-21(26)25-15-13-24(14-16-25)17-19-9-5-8-18-7-3-4-10-20(18)19/h3-5,7-10H,6,11-17H2,1-2H3,(H,22,26). The molecular weight excluding hydrogens is 340 g/mol. The molecular formula is C21H30N4S. The average molecular weight is 371 g/mol. The molecule has 0 amide bonds. The second-order valence-corrected chi connectivity index (χ2v) is 7.68. The van der Waals surface area contributed by atoms with E-state index in [4.69, 9.17) is 12.2 Å². The minimum atomic E-state index is 0.911. The summed E-state index contributed by atoms with van der Waals surface area (Å²) in [5.74, 6) is 0. The van der Waals surface area contributed by atoms with Crippen molar-refractivity contribution in [3.8, 4) is 0 Å². The summed E-state index contributed by atoms with van der Waals surface area (Å²) in [5.41, 5.74) is 1.42. The molecule has 1 N–H and O–H groups in total. The molecule has 0 aromatic heterocycles. The molecule has 0 saturated carbocycles. The Hall–Kier alpha value is -1.69. The van der Waals surface area contributed by atoms with Gasteiger partial charge in [0, 0.05) is 39.3 Å². The smallest absolute Gasteiger partial charge is 0.169 e. The largest absolute Gasteiger partial charge is 0.363 e. The number of piperazine rings is 1. The quantitative estimate of drug-likeness (QED) is 0.622. The Kier molecular flexibility index (Phi) is 6.83. The number of fused-ring (bicyclic) bond motifs is 1. The van der Waals surface area contributed by atoms with Crippen molar-refractivity contribution in [1.29, 1.82) is 0 Å². The van der Waals surface area contributed by atoms with E-state index in [1.54, 1.807) is 0 Å². The molecule has 0 radical (unpaired) electrons. The molecule has 0 unspecified atom stereocenters. The summed E-state index contributed by atoms with van der Waals surface area (Å²) in [4.78, 5) is 7.05. The zero-order chi connectivity index (χ0) is 18.4. The summed E-state index contributed by atoms with van der Waals surface area (Å²) in [6.45, 7) is 7.18. The van der Waals surface area contributed by atoms with Crippen molar-refractivity contribution in [3.05, 3.63) is 48.0 Å². The molecule has 0 spiro atoms. The van der Waals surface area contributed by atoms with Crippen LogP contribution in [0.15, 0.2) is 42.5 Å². The van der Waals surface area contributed by atoms with E-state index < -0.39 is 0 Å². The fourth-order valence-electron chi connectivity index (χ4n) is 3.48. The highest BCUT2D eigenvalue weighted by Crippen LogP contribution is 2.20. The van der Waals surface area contributed by atoms with Crippen molar-refractivity contribution >= 4 is 28.1 Å². The van der Waals surface area contributed by atoms with Gasteiger partial charge in [-0.3, -0.25) is 4.90 Å². The van der Waals surface area contributed by atoms with Crippen LogP contribution in [0, 0.1) is 0 Å². The highest BCUT2D eigenvalue weighted by molar-refractivity contribution is 7.80. The number of nitrogens with zero attached hydrogens (tertiary/aromatic N) is 3. The third-order valence-electron chi connectivity index (χ3n) is 4.99. The Morgan fingerprint density at radius 3 is 2.54 bits per heavy atom. The molecule has 1 aliphatic heterocycles. The Balaban J connectivity index is 1.47. The highest BCUT2D eigenvalue weighted by atomic mass is 32.1. The van der Waals surface area contributed by atoms with Gasteiger partial charge in [0.2, 0.25) is 0 Å². The van der Waals surface area contributed by atoms with E-state index in [2.05, 4.69) is 76.6 Å². The molecule has 0 bridgehead atoms. The maximum atomic E-state index is 5.57. The van der Waals surface area contributed by atoms with Gasteiger partial charge in [0.05, 0.1) is 0 Å². The van der Waals surface area contributed by atoms with Crippen molar-refractivity contribution in [2.75, 3.05) is 53.4 Å². The van der Waals surface area contributed by atoms with Crippen LogP contribution in [-0.4, -0.2) is 73.2 Å². The van der Waals surface area contributed by atoms with Gasteiger partial charge >= 0.3 is 0 Å². The van der Waals surface area contributed by atoms with Crippen LogP contribution in [-0.2, 0) is 6.54 Å². The van der Waals surface area contributed by atoms with E-state index in [0.29, 0.717) is 0 Å². The van der Waals surface area contributed by atoms with E-state index in [9.17, 15) is 0 Å². The lowest BCUT2D eigenvalue weighted by atomic mass is 10.0. The zero-order valence-electron chi connectivity index (χ0n) is 15.9. The third-order valence-corrected chi connectivity index (χ3v) is 5.39. The second-order valence-electron chi connectivity index (χ2n) is 7.29. The molecule has 1 aliphatic rings. The van der Waals surface area contributed by atoms with Crippen LogP contribution in [0.3, 0.4) is 0 Å². The van der Waals surface area contributed by atoms with Gasteiger partial charge in [-0.25, -0.2) is 0 Å². The lowest BCUT2D eigenvalue weighted by Crippen LogP contribution is -2.51. The normalized spacial score (nSPS) is 15.6. The fraction of sp³-hybridized carbons (Fsp3) is 0.476. The van der Waals surface area contributed by atoms with Gasteiger partial charge in [0.1, 0.15) is 0 Å². The molecule has 5 heteroatoms. The summed E-state index contributed by atoms with van der Waals surface area (Å²) < 4.78 is 0. The fourth-order valence-corrected chi connectivity index (χ4v) is 3.77. The van der Waals surface area contributed by atoms with Gasteiger partial charge in [-0.2, -0.15) is 0 Å². The van der Waals surface area contributed by atoms with E-state index in [1.165, 1.54) is 16.3 Å². The maximum Gasteiger partial charge on any atom is 0.169 e. The molecule has 2 aromatic carbocycles. The van der Waals surface area contributed by atoms with Gasteiger partial charge in [-0.1, -0.05) is 42.5 Å². The summed E-state index contributed by atoms with van der Waals surface area (Å²) in [6.07, 6.45) is 1.12. The molecule has 0 aliphatic carbocycles. The SMILES string of the molecule is CN(C)CCCNC(=S)N1CCN(Cc2cccc3ccccc23)CC1. The van der Waals surface area contributed by atoms with Crippen molar-refractivity contribution in [2.45, 2.75) is 13.0 Å². The van der Waals surface area contributed by atoms with Crippen molar-refractivity contribution in [1.82, 2.24) is 20.0 Å².